The maximum atomic E-state index is 11.6. The lowest BCUT2D eigenvalue weighted by Gasteiger charge is -2.32. The van der Waals surface area contributed by atoms with Crippen LogP contribution < -0.4 is 10.6 Å². The van der Waals surface area contributed by atoms with Crippen molar-refractivity contribution in [1.82, 2.24) is 14.9 Å². The second-order valence-corrected chi connectivity index (χ2v) is 10.0. The number of sulfonamides is 1. The highest BCUT2D eigenvalue weighted by Crippen LogP contribution is 2.40. The summed E-state index contributed by atoms with van der Waals surface area (Å²) < 4.78 is 30.4. The molecule has 7 nitrogen and oxygen atoms in total. The van der Waals surface area contributed by atoms with Gasteiger partial charge in [0.1, 0.15) is 0 Å². The summed E-state index contributed by atoms with van der Waals surface area (Å²) in [5, 5.41) is 6.97. The highest BCUT2D eigenvalue weighted by Gasteiger charge is 2.33. The molecular weight excluding hydrogens is 491 g/mol. The monoisotopic (exact) mass is 530 g/mol. The highest BCUT2D eigenvalue weighted by atomic mass is 127. The highest BCUT2D eigenvalue weighted by molar-refractivity contribution is 14.0. The van der Waals surface area contributed by atoms with Gasteiger partial charge in [-0.3, -0.25) is 4.99 Å². The van der Waals surface area contributed by atoms with Gasteiger partial charge in [0.15, 0.2) is 5.96 Å². The normalized spacial score (nSPS) is 21.3. The molecule has 0 aromatic heterocycles. The van der Waals surface area contributed by atoms with Crippen LogP contribution in [0.2, 0.25) is 0 Å². The van der Waals surface area contributed by atoms with E-state index in [0.29, 0.717) is 24.4 Å². The van der Waals surface area contributed by atoms with Crippen LogP contribution in [0.5, 0.6) is 0 Å². The molecule has 1 aliphatic heterocycles. The Morgan fingerprint density at radius 3 is 2.39 bits per heavy atom. The molecule has 0 unspecified atom stereocenters. The predicted octanol–water partition coefficient (Wildman–Crippen LogP) is 2.43. The molecule has 2 N–H and O–H groups in total. The van der Waals surface area contributed by atoms with Crippen LogP contribution in [0.25, 0.3) is 0 Å². The summed E-state index contributed by atoms with van der Waals surface area (Å²) >= 11 is 0. The Labute approximate surface area is 188 Å². The zero-order valence-corrected chi connectivity index (χ0v) is 20.9. The van der Waals surface area contributed by atoms with E-state index in [-0.39, 0.29) is 24.0 Å². The fourth-order valence-electron chi connectivity index (χ4n) is 4.25. The molecule has 1 aliphatic carbocycles. The van der Waals surface area contributed by atoms with Crippen molar-refractivity contribution in [2.75, 3.05) is 52.7 Å². The van der Waals surface area contributed by atoms with Gasteiger partial charge in [0.05, 0.1) is 6.26 Å². The molecular formula is C19H39IN4O3S. The van der Waals surface area contributed by atoms with E-state index in [4.69, 9.17) is 4.74 Å². The minimum absolute atomic E-state index is 0. The maximum Gasteiger partial charge on any atom is 0.211 e. The first-order valence-electron chi connectivity index (χ1n) is 10.4. The van der Waals surface area contributed by atoms with E-state index in [1.807, 2.05) is 14.0 Å². The van der Waals surface area contributed by atoms with Gasteiger partial charge in [-0.25, -0.2) is 12.7 Å². The van der Waals surface area contributed by atoms with Crippen LogP contribution in [0.15, 0.2) is 4.99 Å². The summed E-state index contributed by atoms with van der Waals surface area (Å²) in [6, 6.07) is 0. The number of rotatable bonds is 9. The van der Waals surface area contributed by atoms with E-state index in [2.05, 4.69) is 15.6 Å². The molecule has 2 aliphatic rings. The molecule has 9 heteroatoms. The second-order valence-electron chi connectivity index (χ2n) is 8.07. The molecule has 166 valence electrons. The minimum Gasteiger partial charge on any atom is -0.382 e. The molecule has 2 fully saturated rings. The van der Waals surface area contributed by atoms with E-state index in [9.17, 15) is 8.42 Å². The zero-order valence-electron chi connectivity index (χ0n) is 17.7. The van der Waals surface area contributed by atoms with Crippen molar-refractivity contribution in [3.8, 4) is 0 Å². The van der Waals surface area contributed by atoms with E-state index >= 15 is 0 Å². The Kier molecular flexibility index (Phi) is 11.6. The number of hydrogen-bond acceptors (Lipinski definition) is 4. The van der Waals surface area contributed by atoms with Crippen LogP contribution >= 0.6 is 24.0 Å². The van der Waals surface area contributed by atoms with Crippen LogP contribution in [-0.4, -0.2) is 71.4 Å². The fourth-order valence-corrected chi connectivity index (χ4v) is 5.13. The van der Waals surface area contributed by atoms with Crippen LogP contribution in [0, 0.1) is 11.3 Å². The van der Waals surface area contributed by atoms with Crippen LogP contribution in [-0.2, 0) is 14.8 Å². The Balaban J connectivity index is 0.00000392. The summed E-state index contributed by atoms with van der Waals surface area (Å²) in [5.74, 6) is 1.34. The molecule has 0 bridgehead atoms. The first kappa shape index (κ1) is 25.9. The lowest BCUT2D eigenvalue weighted by molar-refractivity contribution is 0.105. The zero-order chi connectivity index (χ0) is 19.8. The smallest absolute Gasteiger partial charge is 0.211 e. The molecule has 2 rings (SSSR count). The van der Waals surface area contributed by atoms with E-state index in [1.165, 1.54) is 31.9 Å². The summed E-state index contributed by atoms with van der Waals surface area (Å²) in [5.41, 5.74) is 0.327. The second kappa shape index (κ2) is 12.5. The van der Waals surface area contributed by atoms with E-state index < -0.39 is 10.0 Å². The van der Waals surface area contributed by atoms with Crippen molar-refractivity contribution in [1.29, 1.82) is 0 Å². The summed E-state index contributed by atoms with van der Waals surface area (Å²) in [7, 11) is -1.24. The lowest BCUT2D eigenvalue weighted by Crippen LogP contribution is -2.46. The third-order valence-corrected chi connectivity index (χ3v) is 7.40. The first-order valence-corrected chi connectivity index (χ1v) is 12.2. The predicted molar refractivity (Wildman–Crippen MR) is 126 cm³/mol. The lowest BCUT2D eigenvalue weighted by atomic mass is 9.83. The van der Waals surface area contributed by atoms with Crippen molar-refractivity contribution in [3.63, 3.8) is 0 Å². The topological polar surface area (TPSA) is 83.0 Å². The van der Waals surface area contributed by atoms with Gasteiger partial charge in [-0.1, -0.05) is 12.8 Å². The molecule has 28 heavy (non-hydrogen) atoms. The molecule has 1 saturated carbocycles. The number of nitrogens with zero attached hydrogens (tertiary/aromatic N) is 2. The van der Waals surface area contributed by atoms with Crippen molar-refractivity contribution in [3.05, 3.63) is 0 Å². The number of hydrogen-bond donors (Lipinski definition) is 2. The molecule has 0 aromatic carbocycles. The standard InChI is InChI=1S/C19H38N4O3S.HI/c1-4-26-14-11-19(9-5-6-10-19)16-22-18(20-2)21-15-17-7-12-23(13-8-17)27(3,24)25;/h17H,4-16H2,1-3H3,(H2,20,21,22);1H. The number of ether oxygens (including phenoxy) is 1. The molecule has 0 aromatic rings. The summed E-state index contributed by atoms with van der Waals surface area (Å²) in [6.45, 7) is 6.69. The first-order chi connectivity index (χ1) is 12.9. The van der Waals surface area contributed by atoms with Crippen LogP contribution in [0.3, 0.4) is 0 Å². The minimum atomic E-state index is -3.05. The fraction of sp³-hybridized carbons (Fsp3) is 0.947. The van der Waals surface area contributed by atoms with Crippen molar-refractivity contribution in [2.45, 2.75) is 51.9 Å². The maximum absolute atomic E-state index is 11.6. The van der Waals surface area contributed by atoms with Crippen molar-refractivity contribution >= 4 is 40.0 Å². The Bertz CT molecular complexity index is 572. The molecule has 0 amide bonds. The quantitative estimate of drug-likeness (QED) is 0.207. The third kappa shape index (κ3) is 8.31. The van der Waals surface area contributed by atoms with Gasteiger partial charge < -0.3 is 15.4 Å². The number of nitrogens with one attached hydrogen (secondary N) is 2. The van der Waals surface area contributed by atoms with Gasteiger partial charge in [0.25, 0.3) is 0 Å². The van der Waals surface area contributed by atoms with Gasteiger partial charge in [-0.2, -0.15) is 0 Å². The van der Waals surface area contributed by atoms with Gasteiger partial charge in [0.2, 0.25) is 10.0 Å². The van der Waals surface area contributed by atoms with Gasteiger partial charge in [-0.15, -0.1) is 24.0 Å². The van der Waals surface area contributed by atoms with Crippen LogP contribution in [0.4, 0.5) is 0 Å². The molecule has 0 atom stereocenters. The summed E-state index contributed by atoms with van der Waals surface area (Å²) in [4.78, 5) is 4.37. The van der Waals surface area contributed by atoms with E-state index in [0.717, 1.165) is 51.5 Å². The van der Waals surface area contributed by atoms with E-state index in [1.54, 1.807) is 4.31 Å². The third-order valence-electron chi connectivity index (χ3n) is 6.10. The number of guanidine groups is 1. The van der Waals surface area contributed by atoms with Gasteiger partial charge >= 0.3 is 0 Å². The van der Waals surface area contributed by atoms with Gasteiger partial charge in [-0.05, 0) is 50.4 Å². The number of halogens is 1. The number of aliphatic imine (C=N–C) groups is 1. The molecule has 0 radical (unpaired) electrons. The molecule has 1 heterocycles. The van der Waals surface area contributed by atoms with Gasteiger partial charge in [0, 0.05) is 46.4 Å². The Morgan fingerprint density at radius 1 is 1.21 bits per heavy atom. The largest absolute Gasteiger partial charge is 0.382 e. The average molecular weight is 531 g/mol. The number of piperidine rings is 1. The molecule has 0 spiro atoms. The Hall–Kier alpha value is -0.130. The van der Waals surface area contributed by atoms with Crippen molar-refractivity contribution in [2.24, 2.45) is 16.3 Å². The van der Waals surface area contributed by atoms with Crippen molar-refractivity contribution < 1.29 is 13.2 Å². The average Bonchev–Trinajstić information content (AvgIpc) is 3.11. The summed E-state index contributed by atoms with van der Waals surface area (Å²) in [6.07, 6.45) is 9.32. The van der Waals surface area contributed by atoms with Crippen LogP contribution in [0.1, 0.15) is 51.9 Å². The SMILES string of the molecule is CCOCCC1(CNC(=NC)NCC2CCN(S(C)(=O)=O)CC2)CCCC1.I. The Morgan fingerprint density at radius 2 is 1.86 bits per heavy atom. The molecule has 1 saturated heterocycles.